The van der Waals surface area contributed by atoms with E-state index < -0.39 is 5.76 Å². The molecule has 0 saturated heterocycles. The minimum Gasteiger partial charge on any atom is -0.449 e. The first-order chi connectivity index (χ1) is 7.72. The van der Waals surface area contributed by atoms with Crippen molar-refractivity contribution in [2.24, 2.45) is 0 Å². The van der Waals surface area contributed by atoms with Gasteiger partial charge in [-0.25, -0.2) is 4.79 Å². The Labute approximate surface area is 92.3 Å². The molecule has 0 N–H and O–H groups in total. The molecular weight excluding hydrogens is 208 g/mol. The number of aryl methyl sites for hydroxylation is 1. The Morgan fingerprint density at radius 2 is 2.19 bits per heavy atom. The predicted molar refractivity (Wildman–Crippen MR) is 58.0 cm³/mol. The first-order valence-corrected chi connectivity index (χ1v) is 5.01. The minimum absolute atomic E-state index is 0.00393. The average molecular weight is 220 g/mol. The van der Waals surface area contributed by atoms with Crippen molar-refractivity contribution in [3.63, 3.8) is 0 Å². The molecule has 0 saturated carbocycles. The maximum absolute atomic E-state index is 11.5. The highest BCUT2D eigenvalue weighted by Gasteiger charge is 2.11. The highest BCUT2D eigenvalue weighted by molar-refractivity contribution is 5.38. The monoisotopic (exact) mass is 220 g/mol. The van der Waals surface area contributed by atoms with Crippen LogP contribution in [0.4, 0.5) is 0 Å². The van der Waals surface area contributed by atoms with E-state index in [1.54, 1.807) is 13.0 Å². The SMILES string of the molecule is CCOc1nn(-c2ccccc2C)c(=O)o1. The Kier molecular flexibility index (Phi) is 2.76. The molecule has 1 aromatic heterocycles. The molecule has 0 unspecified atom stereocenters. The van der Waals surface area contributed by atoms with Crippen LogP contribution >= 0.6 is 0 Å². The summed E-state index contributed by atoms with van der Waals surface area (Å²) in [5.41, 5.74) is 1.64. The van der Waals surface area contributed by atoms with Crippen molar-refractivity contribution in [3.05, 3.63) is 40.4 Å². The second kappa shape index (κ2) is 4.22. The van der Waals surface area contributed by atoms with E-state index >= 15 is 0 Å². The number of rotatable bonds is 3. The quantitative estimate of drug-likeness (QED) is 0.787. The molecule has 0 spiro atoms. The van der Waals surface area contributed by atoms with Gasteiger partial charge in [0.15, 0.2) is 0 Å². The Hall–Kier alpha value is -2.04. The molecular formula is C11H12N2O3. The first kappa shape index (κ1) is 10.5. The van der Waals surface area contributed by atoms with Gasteiger partial charge in [-0.2, -0.15) is 4.68 Å². The van der Waals surface area contributed by atoms with Crippen molar-refractivity contribution in [2.75, 3.05) is 6.61 Å². The zero-order chi connectivity index (χ0) is 11.5. The van der Waals surface area contributed by atoms with Crippen LogP contribution in [0.5, 0.6) is 6.08 Å². The first-order valence-electron chi connectivity index (χ1n) is 5.01. The van der Waals surface area contributed by atoms with E-state index in [1.807, 2.05) is 25.1 Å². The average Bonchev–Trinajstić information content (AvgIpc) is 2.61. The number of benzene rings is 1. The molecule has 1 aromatic carbocycles. The van der Waals surface area contributed by atoms with E-state index in [1.165, 1.54) is 4.68 Å². The second-order valence-corrected chi connectivity index (χ2v) is 3.27. The van der Waals surface area contributed by atoms with Crippen LogP contribution in [0.3, 0.4) is 0 Å². The number of hydrogen-bond donors (Lipinski definition) is 0. The molecule has 2 rings (SSSR count). The third-order valence-corrected chi connectivity index (χ3v) is 2.14. The lowest BCUT2D eigenvalue weighted by molar-refractivity contribution is 0.238. The molecule has 16 heavy (non-hydrogen) atoms. The summed E-state index contributed by atoms with van der Waals surface area (Å²) in [7, 11) is 0. The van der Waals surface area contributed by atoms with Gasteiger partial charge in [0.25, 0.3) is 0 Å². The van der Waals surface area contributed by atoms with E-state index in [0.29, 0.717) is 12.3 Å². The summed E-state index contributed by atoms with van der Waals surface area (Å²) in [6.07, 6.45) is -0.00393. The van der Waals surface area contributed by atoms with Gasteiger partial charge in [0.1, 0.15) is 0 Å². The molecule has 84 valence electrons. The zero-order valence-corrected chi connectivity index (χ0v) is 9.14. The summed E-state index contributed by atoms with van der Waals surface area (Å²) in [5.74, 6) is -0.544. The fraction of sp³-hybridized carbons (Fsp3) is 0.273. The van der Waals surface area contributed by atoms with Crippen LogP contribution in [0.15, 0.2) is 33.5 Å². The molecule has 2 aromatic rings. The predicted octanol–water partition coefficient (Wildman–Crippen LogP) is 1.53. The lowest BCUT2D eigenvalue weighted by Crippen LogP contribution is -2.14. The summed E-state index contributed by atoms with van der Waals surface area (Å²) in [5, 5.41) is 3.95. The fourth-order valence-corrected chi connectivity index (χ4v) is 1.40. The third kappa shape index (κ3) is 1.84. The number of ether oxygens (including phenoxy) is 1. The molecule has 0 fully saturated rings. The van der Waals surface area contributed by atoms with Crippen molar-refractivity contribution >= 4 is 0 Å². The summed E-state index contributed by atoms with van der Waals surface area (Å²) >= 11 is 0. The van der Waals surface area contributed by atoms with Crippen LogP contribution in [-0.4, -0.2) is 16.4 Å². The lowest BCUT2D eigenvalue weighted by atomic mass is 10.2. The van der Waals surface area contributed by atoms with E-state index in [-0.39, 0.29) is 6.08 Å². The van der Waals surface area contributed by atoms with Crippen LogP contribution in [0, 0.1) is 6.92 Å². The number of aromatic nitrogens is 2. The largest absolute Gasteiger partial charge is 0.449 e. The number of hydrogen-bond acceptors (Lipinski definition) is 4. The maximum Gasteiger partial charge on any atom is 0.444 e. The summed E-state index contributed by atoms with van der Waals surface area (Å²) in [4.78, 5) is 11.5. The van der Waals surface area contributed by atoms with Crippen LogP contribution in [0.2, 0.25) is 0 Å². The highest BCUT2D eigenvalue weighted by Crippen LogP contribution is 2.12. The molecule has 0 aliphatic rings. The molecule has 0 radical (unpaired) electrons. The molecule has 5 heteroatoms. The summed E-state index contributed by atoms with van der Waals surface area (Å²) in [6.45, 7) is 4.11. The molecule has 0 bridgehead atoms. The van der Waals surface area contributed by atoms with Crippen LogP contribution in [0.1, 0.15) is 12.5 Å². The molecule has 0 aliphatic heterocycles. The van der Waals surface area contributed by atoms with E-state index in [2.05, 4.69) is 5.10 Å². The van der Waals surface area contributed by atoms with Crippen molar-refractivity contribution < 1.29 is 9.15 Å². The Balaban J connectivity index is 2.48. The van der Waals surface area contributed by atoms with Gasteiger partial charge in [-0.3, -0.25) is 0 Å². The van der Waals surface area contributed by atoms with Gasteiger partial charge in [-0.05, 0) is 25.5 Å². The third-order valence-electron chi connectivity index (χ3n) is 2.14. The summed E-state index contributed by atoms with van der Waals surface area (Å²) < 4.78 is 11.1. The highest BCUT2D eigenvalue weighted by atomic mass is 16.6. The van der Waals surface area contributed by atoms with Crippen molar-refractivity contribution in [2.45, 2.75) is 13.8 Å². The zero-order valence-electron chi connectivity index (χ0n) is 9.14. The normalized spacial score (nSPS) is 10.4. The second-order valence-electron chi connectivity index (χ2n) is 3.27. The van der Waals surface area contributed by atoms with Crippen LogP contribution in [-0.2, 0) is 0 Å². The van der Waals surface area contributed by atoms with Crippen LogP contribution in [0.25, 0.3) is 5.69 Å². The molecule has 5 nitrogen and oxygen atoms in total. The van der Waals surface area contributed by atoms with Gasteiger partial charge in [0.05, 0.1) is 12.3 Å². The molecule has 1 heterocycles. The fourth-order valence-electron chi connectivity index (χ4n) is 1.40. The van der Waals surface area contributed by atoms with Gasteiger partial charge in [-0.15, -0.1) is 0 Å². The minimum atomic E-state index is -0.544. The number of nitrogens with zero attached hydrogens (tertiary/aromatic N) is 2. The Morgan fingerprint density at radius 3 is 2.88 bits per heavy atom. The maximum atomic E-state index is 11.5. The van der Waals surface area contributed by atoms with Crippen molar-refractivity contribution in [1.82, 2.24) is 9.78 Å². The van der Waals surface area contributed by atoms with Gasteiger partial charge >= 0.3 is 11.8 Å². The van der Waals surface area contributed by atoms with Gasteiger partial charge in [0, 0.05) is 0 Å². The lowest BCUT2D eigenvalue weighted by Gasteiger charge is -2.01. The van der Waals surface area contributed by atoms with Crippen LogP contribution < -0.4 is 10.5 Å². The standard InChI is InChI=1S/C11H12N2O3/c1-3-15-10-12-13(11(14)16-10)9-7-5-4-6-8(9)2/h4-7H,3H2,1-2H3. The molecule has 0 amide bonds. The molecule has 0 atom stereocenters. The van der Waals surface area contributed by atoms with Gasteiger partial charge in [-0.1, -0.05) is 23.3 Å². The smallest absolute Gasteiger partial charge is 0.444 e. The summed E-state index contributed by atoms with van der Waals surface area (Å²) in [6, 6.07) is 7.43. The Bertz CT molecular complexity index is 542. The van der Waals surface area contributed by atoms with Crippen molar-refractivity contribution in [1.29, 1.82) is 0 Å². The Morgan fingerprint density at radius 1 is 1.44 bits per heavy atom. The van der Waals surface area contributed by atoms with E-state index in [4.69, 9.17) is 9.15 Å². The number of para-hydroxylation sites is 1. The van der Waals surface area contributed by atoms with Gasteiger partial charge < -0.3 is 9.15 Å². The van der Waals surface area contributed by atoms with Gasteiger partial charge in [0.2, 0.25) is 0 Å². The van der Waals surface area contributed by atoms with E-state index in [9.17, 15) is 4.79 Å². The topological polar surface area (TPSA) is 57.3 Å². The molecule has 0 aliphatic carbocycles. The van der Waals surface area contributed by atoms with E-state index in [0.717, 1.165) is 5.56 Å². The van der Waals surface area contributed by atoms with Crippen molar-refractivity contribution in [3.8, 4) is 11.8 Å².